The second kappa shape index (κ2) is 12.0. The van der Waals surface area contributed by atoms with Crippen LogP contribution in [-0.4, -0.2) is 46.0 Å². The maximum absolute atomic E-state index is 12.6. The van der Waals surface area contributed by atoms with Crippen molar-refractivity contribution in [3.63, 3.8) is 0 Å². The van der Waals surface area contributed by atoms with Crippen LogP contribution in [0.25, 0.3) is 22.0 Å². The maximum atomic E-state index is 12.6. The van der Waals surface area contributed by atoms with Gasteiger partial charge in [-0.05, 0) is 61.0 Å². The molecule has 2 aromatic heterocycles. The lowest BCUT2D eigenvalue weighted by molar-refractivity contribution is -0.143. The number of nitrogens with one attached hydrogen (secondary N) is 2. The van der Waals surface area contributed by atoms with Gasteiger partial charge >= 0.3 is 6.18 Å². The van der Waals surface area contributed by atoms with Crippen molar-refractivity contribution >= 4 is 22.5 Å². The zero-order valence-electron chi connectivity index (χ0n) is 22.1. The van der Waals surface area contributed by atoms with Gasteiger partial charge in [-0.25, -0.2) is 15.0 Å². The number of aromatic nitrogens is 3. The Hall–Kier alpha value is -4.05. The predicted molar refractivity (Wildman–Crippen MR) is 148 cm³/mol. The van der Waals surface area contributed by atoms with Gasteiger partial charge in [-0.3, -0.25) is 4.79 Å². The number of piperidine rings is 1. The Kier molecular flexibility index (Phi) is 8.25. The third-order valence-electron chi connectivity index (χ3n) is 6.91. The van der Waals surface area contributed by atoms with Crippen molar-refractivity contribution in [3.8, 4) is 22.9 Å². The molecule has 2 aromatic carbocycles. The second-order valence-corrected chi connectivity index (χ2v) is 9.97. The van der Waals surface area contributed by atoms with E-state index in [2.05, 4.69) is 20.6 Å². The number of ketones is 1. The van der Waals surface area contributed by atoms with Crippen LogP contribution >= 0.6 is 0 Å². The molecule has 0 aliphatic carbocycles. The largest absolute Gasteiger partial charge is 0.437 e. The van der Waals surface area contributed by atoms with Crippen LogP contribution < -0.4 is 15.4 Å². The summed E-state index contributed by atoms with van der Waals surface area (Å²) in [6.45, 7) is 3.77. The van der Waals surface area contributed by atoms with E-state index >= 15 is 0 Å². The molecule has 0 radical (unpaired) electrons. The van der Waals surface area contributed by atoms with Gasteiger partial charge in [0.05, 0.1) is 17.7 Å². The van der Waals surface area contributed by atoms with Crippen molar-refractivity contribution in [3.05, 3.63) is 72.1 Å². The molecule has 0 bridgehead atoms. The maximum Gasteiger partial charge on any atom is 0.389 e. The van der Waals surface area contributed by atoms with Crippen LogP contribution in [0.5, 0.6) is 11.6 Å². The molecule has 1 aliphatic heterocycles. The van der Waals surface area contributed by atoms with Crippen molar-refractivity contribution < 1.29 is 22.7 Å². The average molecular weight is 550 g/mol. The quantitative estimate of drug-likeness (QED) is 0.249. The number of benzene rings is 2. The molecule has 0 spiro atoms. The topological polar surface area (TPSA) is 89.0 Å². The Bertz CT molecular complexity index is 1500. The molecule has 1 saturated heterocycles. The lowest BCUT2D eigenvalue weighted by atomic mass is 9.97. The number of alkyl halides is 3. The number of anilines is 1. The van der Waals surface area contributed by atoms with Crippen LogP contribution in [0, 0.1) is 6.92 Å². The van der Waals surface area contributed by atoms with Gasteiger partial charge in [0.25, 0.3) is 0 Å². The van der Waals surface area contributed by atoms with Gasteiger partial charge in [0.1, 0.15) is 11.5 Å². The van der Waals surface area contributed by atoms with Gasteiger partial charge in [0.15, 0.2) is 0 Å². The predicted octanol–water partition coefficient (Wildman–Crippen LogP) is 6.41. The third kappa shape index (κ3) is 6.74. The summed E-state index contributed by atoms with van der Waals surface area (Å²) < 4.78 is 44.2. The molecule has 1 fully saturated rings. The molecule has 2 N–H and O–H groups in total. The van der Waals surface area contributed by atoms with Crippen LogP contribution in [-0.2, 0) is 11.2 Å². The van der Waals surface area contributed by atoms with Gasteiger partial charge in [-0.2, -0.15) is 13.2 Å². The highest BCUT2D eigenvalue weighted by atomic mass is 19.4. The molecule has 0 saturated carbocycles. The number of hydrogen-bond donors (Lipinski definition) is 2. The van der Waals surface area contributed by atoms with Crippen molar-refractivity contribution in [2.24, 2.45) is 0 Å². The number of nitrogens with zero attached hydrogens (tertiary/aromatic N) is 3. The molecule has 5 rings (SSSR count). The third-order valence-corrected chi connectivity index (χ3v) is 6.91. The lowest BCUT2D eigenvalue weighted by Crippen LogP contribution is -2.38. The number of ether oxygens (including phenoxy) is 1. The smallest absolute Gasteiger partial charge is 0.389 e. The summed E-state index contributed by atoms with van der Waals surface area (Å²) >= 11 is 0. The molecular weight excluding hydrogens is 519 g/mol. The van der Waals surface area contributed by atoms with Crippen molar-refractivity contribution in [2.45, 2.75) is 51.2 Å². The van der Waals surface area contributed by atoms with E-state index in [1.54, 1.807) is 30.6 Å². The molecule has 0 unspecified atom stereocenters. The van der Waals surface area contributed by atoms with E-state index in [0.717, 1.165) is 42.3 Å². The highest BCUT2D eigenvalue weighted by Gasteiger charge is 2.28. The summed E-state index contributed by atoms with van der Waals surface area (Å²) in [4.78, 5) is 25.9. The van der Waals surface area contributed by atoms with Crippen LogP contribution in [0.15, 0.2) is 60.9 Å². The van der Waals surface area contributed by atoms with Gasteiger partial charge in [0, 0.05) is 43.2 Å². The number of rotatable bonds is 9. The minimum Gasteiger partial charge on any atom is -0.437 e. The van der Waals surface area contributed by atoms with E-state index in [-0.39, 0.29) is 12.5 Å². The summed E-state index contributed by atoms with van der Waals surface area (Å²) in [7, 11) is 0. The number of fused-ring (bicyclic) bond motifs is 1. The Balaban J connectivity index is 1.43. The number of Topliss-reactive ketones (excluding diaryl/α,β-unsaturated/α-hetero) is 1. The van der Waals surface area contributed by atoms with E-state index < -0.39 is 24.8 Å². The summed E-state index contributed by atoms with van der Waals surface area (Å²) in [6.07, 6.45) is -0.646. The first-order valence-electron chi connectivity index (χ1n) is 13.3. The van der Waals surface area contributed by atoms with Gasteiger partial charge in [-0.1, -0.05) is 30.3 Å². The monoisotopic (exact) mass is 549 g/mol. The van der Waals surface area contributed by atoms with E-state index in [1.165, 1.54) is 0 Å². The highest BCUT2D eigenvalue weighted by Crippen LogP contribution is 2.37. The molecule has 4 aromatic rings. The van der Waals surface area contributed by atoms with E-state index in [1.807, 2.05) is 37.3 Å². The molecule has 208 valence electrons. The first-order chi connectivity index (χ1) is 19.3. The van der Waals surface area contributed by atoms with Crippen molar-refractivity contribution in [1.82, 2.24) is 20.3 Å². The fourth-order valence-corrected chi connectivity index (χ4v) is 4.88. The van der Waals surface area contributed by atoms with Crippen molar-refractivity contribution in [1.29, 1.82) is 0 Å². The molecule has 40 heavy (non-hydrogen) atoms. The number of carbonyl (C=O) groups is 1. The zero-order chi connectivity index (χ0) is 28.1. The normalized spacial score (nSPS) is 15.7. The first kappa shape index (κ1) is 27.5. The van der Waals surface area contributed by atoms with Gasteiger partial charge < -0.3 is 15.4 Å². The van der Waals surface area contributed by atoms with E-state index in [9.17, 15) is 18.0 Å². The summed E-state index contributed by atoms with van der Waals surface area (Å²) in [5, 5.41) is 8.26. The van der Waals surface area contributed by atoms with Gasteiger partial charge in [0.2, 0.25) is 11.8 Å². The Morgan fingerprint density at radius 2 is 1.95 bits per heavy atom. The Morgan fingerprint density at radius 1 is 1.07 bits per heavy atom. The number of aryl methyl sites for hydroxylation is 1. The van der Waals surface area contributed by atoms with Gasteiger partial charge in [-0.15, -0.1) is 0 Å². The Morgan fingerprint density at radius 3 is 2.75 bits per heavy atom. The standard InChI is InChI=1S/C30H30F3N5O2/c1-19-9-10-23-20(17-22(39)11-13-30(31,32)33)5-2-7-24(23)27(19)40-28-25(8-4-15-35-28)26-12-16-36-29(38-26)37-21-6-3-14-34-18-21/h2,4-5,7-10,12,15-16,21,34H,3,6,11,13-14,17-18H2,1H3,(H,36,37,38)/t21-/m0/s1. The second-order valence-electron chi connectivity index (χ2n) is 9.97. The molecule has 7 nitrogen and oxygen atoms in total. The molecule has 10 heteroatoms. The Labute approximate surface area is 230 Å². The lowest BCUT2D eigenvalue weighted by Gasteiger charge is -2.23. The highest BCUT2D eigenvalue weighted by molar-refractivity contribution is 5.95. The minimum absolute atomic E-state index is 0.0853. The fraction of sp³-hybridized carbons (Fsp3) is 0.333. The van der Waals surface area contributed by atoms with Crippen LogP contribution in [0.1, 0.15) is 36.8 Å². The first-order valence-corrected chi connectivity index (χ1v) is 13.3. The molecule has 1 atom stereocenters. The number of halogens is 3. The van der Waals surface area contributed by atoms with E-state index in [0.29, 0.717) is 34.4 Å². The molecular formula is C30H30F3N5O2. The number of pyridine rings is 1. The summed E-state index contributed by atoms with van der Waals surface area (Å²) in [6, 6.07) is 14.9. The average Bonchev–Trinajstić information content (AvgIpc) is 2.94. The molecule has 3 heterocycles. The van der Waals surface area contributed by atoms with Crippen LogP contribution in [0.4, 0.5) is 19.1 Å². The summed E-state index contributed by atoms with van der Waals surface area (Å²) in [5.74, 6) is 0.982. The number of carbonyl (C=O) groups excluding carboxylic acids is 1. The molecule has 0 amide bonds. The fourth-order valence-electron chi connectivity index (χ4n) is 4.88. The zero-order valence-corrected chi connectivity index (χ0v) is 22.1. The molecule has 1 aliphatic rings. The van der Waals surface area contributed by atoms with E-state index in [4.69, 9.17) is 9.72 Å². The summed E-state index contributed by atoms with van der Waals surface area (Å²) in [5.41, 5.74) is 2.83. The van der Waals surface area contributed by atoms with Crippen LogP contribution in [0.3, 0.4) is 0 Å². The van der Waals surface area contributed by atoms with Crippen LogP contribution in [0.2, 0.25) is 0 Å². The number of hydrogen-bond acceptors (Lipinski definition) is 7. The minimum atomic E-state index is -4.36. The SMILES string of the molecule is Cc1ccc2c(CC(=O)CCC(F)(F)F)cccc2c1Oc1ncccc1-c1ccnc(N[C@H]2CCCNC2)n1. The van der Waals surface area contributed by atoms with Crippen molar-refractivity contribution in [2.75, 3.05) is 18.4 Å².